The van der Waals surface area contributed by atoms with Gasteiger partial charge in [-0.15, -0.1) is 0 Å². The van der Waals surface area contributed by atoms with Crippen molar-refractivity contribution in [3.8, 4) is 11.3 Å². The van der Waals surface area contributed by atoms with Crippen LogP contribution in [0.25, 0.3) is 11.3 Å². The normalized spacial score (nSPS) is 12.9. The molecule has 0 aliphatic carbocycles. The lowest BCUT2D eigenvalue weighted by Gasteiger charge is -2.17. The number of hydrogen-bond donors (Lipinski definition) is 2. The molecule has 1 aromatic heterocycles. The minimum Gasteiger partial charge on any atom is -0.342 e. The Morgan fingerprint density at radius 2 is 2.16 bits per heavy atom. The maximum absolute atomic E-state index is 13.2. The van der Waals surface area contributed by atoms with Crippen molar-refractivity contribution in [2.45, 2.75) is 19.8 Å². The van der Waals surface area contributed by atoms with Crippen molar-refractivity contribution < 1.29 is 4.39 Å². The van der Waals surface area contributed by atoms with Crippen LogP contribution in [0.1, 0.15) is 25.6 Å². The molecule has 102 valence electrons. The van der Waals surface area contributed by atoms with E-state index in [1.165, 1.54) is 12.1 Å². The summed E-state index contributed by atoms with van der Waals surface area (Å²) in [4.78, 5) is 7.75. The quantitative estimate of drug-likeness (QED) is 0.868. The molecule has 4 heteroatoms. The number of nitrogens with zero attached hydrogens (tertiary/aromatic N) is 1. The van der Waals surface area contributed by atoms with Gasteiger partial charge in [-0.2, -0.15) is 0 Å². The van der Waals surface area contributed by atoms with E-state index >= 15 is 0 Å². The van der Waals surface area contributed by atoms with E-state index in [4.69, 9.17) is 0 Å². The van der Waals surface area contributed by atoms with E-state index in [-0.39, 0.29) is 5.82 Å². The number of rotatable bonds is 5. The Morgan fingerprint density at radius 1 is 1.37 bits per heavy atom. The van der Waals surface area contributed by atoms with Crippen LogP contribution in [0.4, 0.5) is 4.39 Å². The molecular formula is C15H20FN3. The van der Waals surface area contributed by atoms with E-state index in [1.807, 2.05) is 13.1 Å². The van der Waals surface area contributed by atoms with Crippen molar-refractivity contribution in [3.05, 3.63) is 42.1 Å². The fraction of sp³-hybridized carbons (Fsp3) is 0.400. The van der Waals surface area contributed by atoms with E-state index in [2.05, 4.69) is 29.1 Å². The van der Waals surface area contributed by atoms with Crippen LogP contribution >= 0.6 is 0 Å². The number of halogens is 1. The molecule has 0 bridgehead atoms. The average Bonchev–Trinajstić information content (AvgIpc) is 2.84. The van der Waals surface area contributed by atoms with Gasteiger partial charge < -0.3 is 10.3 Å². The molecule has 2 aromatic rings. The average molecular weight is 261 g/mol. The van der Waals surface area contributed by atoms with Gasteiger partial charge in [-0.3, -0.25) is 0 Å². The monoisotopic (exact) mass is 261 g/mol. The van der Waals surface area contributed by atoms with Gasteiger partial charge in [-0.25, -0.2) is 9.37 Å². The smallest absolute Gasteiger partial charge is 0.123 e. The van der Waals surface area contributed by atoms with E-state index < -0.39 is 0 Å². The highest BCUT2D eigenvalue weighted by Crippen LogP contribution is 2.24. The molecule has 1 unspecified atom stereocenters. The van der Waals surface area contributed by atoms with Gasteiger partial charge in [0.1, 0.15) is 11.6 Å². The third kappa shape index (κ3) is 3.20. The first-order valence-electron chi connectivity index (χ1n) is 6.57. The molecule has 0 radical (unpaired) electrons. The fourth-order valence-corrected chi connectivity index (χ4v) is 2.20. The van der Waals surface area contributed by atoms with Crippen LogP contribution in [0.15, 0.2) is 30.5 Å². The predicted molar refractivity (Wildman–Crippen MR) is 75.5 cm³/mol. The SMILES string of the molecule is CNCC(c1ncc(-c2cccc(F)c2)[nH]1)C(C)C. The number of nitrogens with one attached hydrogen (secondary N) is 2. The Labute approximate surface area is 113 Å². The van der Waals surface area contributed by atoms with Gasteiger partial charge in [0, 0.05) is 18.0 Å². The van der Waals surface area contributed by atoms with E-state index in [1.54, 1.807) is 12.3 Å². The number of H-pyrrole nitrogens is 1. The first-order valence-corrected chi connectivity index (χ1v) is 6.57. The van der Waals surface area contributed by atoms with Crippen LogP contribution in [-0.4, -0.2) is 23.6 Å². The summed E-state index contributed by atoms with van der Waals surface area (Å²) in [5.74, 6) is 1.53. The summed E-state index contributed by atoms with van der Waals surface area (Å²) in [7, 11) is 1.94. The molecule has 0 saturated carbocycles. The van der Waals surface area contributed by atoms with E-state index in [9.17, 15) is 4.39 Å². The summed E-state index contributed by atoms with van der Waals surface area (Å²) in [6.07, 6.45) is 1.77. The van der Waals surface area contributed by atoms with Gasteiger partial charge in [-0.1, -0.05) is 26.0 Å². The lowest BCUT2D eigenvalue weighted by molar-refractivity contribution is 0.461. The Hall–Kier alpha value is -1.68. The van der Waals surface area contributed by atoms with Crippen molar-refractivity contribution >= 4 is 0 Å². The molecule has 2 rings (SSSR count). The number of hydrogen-bond acceptors (Lipinski definition) is 2. The second-order valence-corrected chi connectivity index (χ2v) is 5.10. The summed E-state index contributed by atoms with van der Waals surface area (Å²) in [5.41, 5.74) is 1.68. The molecule has 2 N–H and O–H groups in total. The molecule has 1 atom stereocenters. The molecule has 3 nitrogen and oxygen atoms in total. The Bertz CT molecular complexity index is 534. The van der Waals surface area contributed by atoms with Crippen molar-refractivity contribution in [1.29, 1.82) is 0 Å². The second kappa shape index (κ2) is 5.97. The zero-order valence-corrected chi connectivity index (χ0v) is 11.6. The Morgan fingerprint density at radius 3 is 2.79 bits per heavy atom. The zero-order chi connectivity index (χ0) is 13.8. The molecule has 0 amide bonds. The molecular weight excluding hydrogens is 241 g/mol. The van der Waals surface area contributed by atoms with Gasteiger partial charge in [0.05, 0.1) is 11.9 Å². The lowest BCUT2D eigenvalue weighted by atomic mass is 9.95. The minimum atomic E-state index is -0.232. The summed E-state index contributed by atoms with van der Waals surface area (Å²) in [6.45, 7) is 5.21. The van der Waals surface area contributed by atoms with Crippen LogP contribution < -0.4 is 5.32 Å². The fourth-order valence-electron chi connectivity index (χ4n) is 2.20. The first-order chi connectivity index (χ1) is 9.11. The summed E-state index contributed by atoms with van der Waals surface area (Å²) < 4.78 is 13.2. The minimum absolute atomic E-state index is 0.232. The zero-order valence-electron chi connectivity index (χ0n) is 11.6. The summed E-state index contributed by atoms with van der Waals surface area (Å²) in [6, 6.07) is 6.54. The summed E-state index contributed by atoms with van der Waals surface area (Å²) in [5, 5.41) is 3.19. The number of imidazole rings is 1. The van der Waals surface area contributed by atoms with Gasteiger partial charge in [0.25, 0.3) is 0 Å². The highest BCUT2D eigenvalue weighted by molar-refractivity contribution is 5.58. The summed E-state index contributed by atoms with van der Waals surface area (Å²) >= 11 is 0. The van der Waals surface area contributed by atoms with Gasteiger partial charge >= 0.3 is 0 Å². The van der Waals surface area contributed by atoms with Gasteiger partial charge in [-0.05, 0) is 25.1 Å². The molecule has 0 saturated heterocycles. The highest BCUT2D eigenvalue weighted by Gasteiger charge is 2.18. The van der Waals surface area contributed by atoms with Crippen LogP contribution in [0, 0.1) is 11.7 Å². The topological polar surface area (TPSA) is 40.7 Å². The van der Waals surface area contributed by atoms with Crippen LogP contribution in [0.5, 0.6) is 0 Å². The largest absolute Gasteiger partial charge is 0.342 e. The highest BCUT2D eigenvalue weighted by atomic mass is 19.1. The number of benzene rings is 1. The number of aromatic nitrogens is 2. The Kier molecular flexibility index (Phi) is 4.32. The van der Waals surface area contributed by atoms with E-state index in [0.717, 1.165) is 23.6 Å². The second-order valence-electron chi connectivity index (χ2n) is 5.10. The number of likely N-dealkylation sites (N-methyl/N-ethyl adjacent to an activating group) is 1. The van der Waals surface area contributed by atoms with Crippen molar-refractivity contribution in [2.75, 3.05) is 13.6 Å². The first kappa shape index (κ1) is 13.7. The molecule has 19 heavy (non-hydrogen) atoms. The molecule has 1 heterocycles. The molecule has 0 spiro atoms. The molecule has 0 aliphatic heterocycles. The third-order valence-corrected chi connectivity index (χ3v) is 3.31. The van der Waals surface area contributed by atoms with Crippen LogP contribution in [0.2, 0.25) is 0 Å². The van der Waals surface area contributed by atoms with Crippen LogP contribution in [0.3, 0.4) is 0 Å². The Balaban J connectivity index is 2.27. The van der Waals surface area contributed by atoms with Crippen molar-refractivity contribution in [1.82, 2.24) is 15.3 Å². The molecule has 0 aliphatic rings. The predicted octanol–water partition coefficient (Wildman–Crippen LogP) is 3.17. The maximum atomic E-state index is 13.2. The third-order valence-electron chi connectivity index (χ3n) is 3.31. The lowest BCUT2D eigenvalue weighted by Crippen LogP contribution is -2.22. The van der Waals surface area contributed by atoms with Crippen molar-refractivity contribution in [3.63, 3.8) is 0 Å². The van der Waals surface area contributed by atoms with E-state index in [0.29, 0.717) is 11.8 Å². The maximum Gasteiger partial charge on any atom is 0.123 e. The molecule has 1 aromatic carbocycles. The standard InChI is InChI=1S/C15H20FN3/c1-10(2)13(8-17-3)15-18-9-14(19-15)11-5-4-6-12(16)7-11/h4-7,9-10,13,17H,8H2,1-3H3,(H,18,19). The molecule has 0 fully saturated rings. The van der Waals surface area contributed by atoms with Gasteiger partial charge in [0.2, 0.25) is 0 Å². The van der Waals surface area contributed by atoms with Crippen LogP contribution in [-0.2, 0) is 0 Å². The number of aromatic amines is 1. The van der Waals surface area contributed by atoms with Crippen molar-refractivity contribution in [2.24, 2.45) is 5.92 Å². The van der Waals surface area contributed by atoms with Gasteiger partial charge in [0.15, 0.2) is 0 Å².